The molecule has 1 unspecified atom stereocenters. The van der Waals surface area contributed by atoms with Crippen molar-refractivity contribution < 1.29 is 4.74 Å². The van der Waals surface area contributed by atoms with Crippen molar-refractivity contribution in [3.05, 3.63) is 0 Å². The van der Waals surface area contributed by atoms with Gasteiger partial charge in [0.15, 0.2) is 0 Å². The fourth-order valence-corrected chi connectivity index (χ4v) is 3.39. The van der Waals surface area contributed by atoms with Crippen molar-refractivity contribution in [2.45, 2.75) is 71.6 Å². The molecule has 1 fully saturated rings. The zero-order valence-electron chi connectivity index (χ0n) is 13.3. The van der Waals surface area contributed by atoms with Gasteiger partial charge in [-0.15, -0.1) is 0 Å². The zero-order valence-corrected chi connectivity index (χ0v) is 13.3. The first-order valence-electron chi connectivity index (χ1n) is 7.15. The molecule has 0 spiro atoms. The number of rotatable bonds is 4. The molecule has 1 heterocycles. The molecule has 1 atom stereocenters. The highest BCUT2D eigenvalue weighted by Crippen LogP contribution is 2.34. The Labute approximate surface area is 113 Å². The molecule has 1 aliphatic heterocycles. The lowest BCUT2D eigenvalue weighted by molar-refractivity contribution is -0.198. The van der Waals surface area contributed by atoms with Gasteiger partial charge in [-0.05, 0) is 47.0 Å². The fourth-order valence-electron chi connectivity index (χ4n) is 3.39. The highest BCUT2D eigenvalue weighted by atomic mass is 16.5. The monoisotopic (exact) mass is 256 g/mol. The Bertz CT molecular complexity index is 270. The number of ether oxygens (including phenoxy) is 1. The lowest BCUT2D eigenvalue weighted by Gasteiger charge is -2.53. The van der Waals surface area contributed by atoms with Gasteiger partial charge in [-0.25, -0.2) is 0 Å². The first-order chi connectivity index (χ1) is 8.00. The first kappa shape index (κ1) is 15.9. The SMILES string of the molecule is CC(C)CC(C)(CN)N1CC(C)(C)OC(C)(C)C1. The number of nitrogens with two attached hydrogens (primary N) is 1. The van der Waals surface area contributed by atoms with Crippen LogP contribution in [0.25, 0.3) is 0 Å². The minimum Gasteiger partial charge on any atom is -0.367 e. The minimum atomic E-state index is -0.102. The maximum atomic E-state index is 6.15. The second-order valence-corrected chi connectivity index (χ2v) is 7.78. The van der Waals surface area contributed by atoms with Crippen LogP contribution in [0, 0.1) is 5.92 Å². The van der Waals surface area contributed by atoms with Crippen molar-refractivity contribution in [2.24, 2.45) is 11.7 Å². The highest BCUT2D eigenvalue weighted by Gasteiger charge is 2.44. The van der Waals surface area contributed by atoms with Gasteiger partial charge >= 0.3 is 0 Å². The molecule has 1 rings (SSSR count). The smallest absolute Gasteiger partial charge is 0.0761 e. The Balaban J connectivity index is 2.92. The summed E-state index contributed by atoms with van der Waals surface area (Å²) in [5.41, 5.74) is 5.95. The molecule has 0 radical (unpaired) electrons. The number of morpholine rings is 1. The normalized spacial score (nSPS) is 27.2. The molecule has 2 N–H and O–H groups in total. The topological polar surface area (TPSA) is 38.5 Å². The molecule has 0 aromatic heterocycles. The van der Waals surface area contributed by atoms with E-state index in [-0.39, 0.29) is 16.7 Å². The van der Waals surface area contributed by atoms with E-state index in [1.807, 2.05) is 0 Å². The van der Waals surface area contributed by atoms with Crippen LogP contribution in [0.2, 0.25) is 0 Å². The standard InChI is InChI=1S/C15H32N2O/c1-12(2)8-15(7,9-16)17-10-13(3,4)18-14(5,6)11-17/h12H,8-11,16H2,1-7H3. The fraction of sp³-hybridized carbons (Fsp3) is 1.00. The van der Waals surface area contributed by atoms with Crippen LogP contribution in [0.4, 0.5) is 0 Å². The van der Waals surface area contributed by atoms with Crippen LogP contribution in [0.1, 0.15) is 54.9 Å². The third-order valence-electron chi connectivity index (χ3n) is 3.75. The summed E-state index contributed by atoms with van der Waals surface area (Å²) in [5, 5.41) is 0. The molecule has 0 aliphatic carbocycles. The molecule has 18 heavy (non-hydrogen) atoms. The van der Waals surface area contributed by atoms with Crippen LogP contribution in [-0.2, 0) is 4.74 Å². The van der Waals surface area contributed by atoms with E-state index in [9.17, 15) is 0 Å². The molecular formula is C15H32N2O. The van der Waals surface area contributed by atoms with E-state index < -0.39 is 0 Å². The summed E-state index contributed by atoms with van der Waals surface area (Å²) in [6.07, 6.45) is 1.13. The van der Waals surface area contributed by atoms with Crippen LogP contribution >= 0.6 is 0 Å². The van der Waals surface area contributed by atoms with Crippen molar-refractivity contribution in [1.29, 1.82) is 0 Å². The lowest BCUT2D eigenvalue weighted by atomic mass is 9.85. The summed E-state index contributed by atoms with van der Waals surface area (Å²) in [7, 11) is 0. The van der Waals surface area contributed by atoms with Gasteiger partial charge in [0.25, 0.3) is 0 Å². The second-order valence-electron chi connectivity index (χ2n) is 7.78. The van der Waals surface area contributed by atoms with Gasteiger partial charge in [0, 0.05) is 25.2 Å². The van der Waals surface area contributed by atoms with Crippen molar-refractivity contribution >= 4 is 0 Å². The van der Waals surface area contributed by atoms with Crippen LogP contribution in [-0.4, -0.2) is 41.3 Å². The first-order valence-corrected chi connectivity index (χ1v) is 7.15. The highest BCUT2D eigenvalue weighted by molar-refractivity contribution is 4.98. The zero-order chi connectivity index (χ0) is 14.2. The average molecular weight is 256 g/mol. The van der Waals surface area contributed by atoms with Gasteiger partial charge in [0.2, 0.25) is 0 Å². The maximum absolute atomic E-state index is 6.15. The summed E-state index contributed by atoms with van der Waals surface area (Å²) in [6.45, 7) is 18.1. The largest absolute Gasteiger partial charge is 0.367 e. The summed E-state index contributed by atoms with van der Waals surface area (Å²) < 4.78 is 6.15. The van der Waals surface area contributed by atoms with Gasteiger partial charge in [-0.2, -0.15) is 0 Å². The predicted molar refractivity (Wildman–Crippen MR) is 77.7 cm³/mol. The van der Waals surface area contributed by atoms with Gasteiger partial charge in [0.05, 0.1) is 11.2 Å². The maximum Gasteiger partial charge on any atom is 0.0761 e. The van der Waals surface area contributed by atoms with Crippen molar-refractivity contribution in [3.63, 3.8) is 0 Å². The molecule has 0 aromatic rings. The van der Waals surface area contributed by atoms with E-state index in [4.69, 9.17) is 10.5 Å². The van der Waals surface area contributed by atoms with Gasteiger partial charge in [-0.3, -0.25) is 4.90 Å². The van der Waals surface area contributed by atoms with Gasteiger partial charge in [0.1, 0.15) is 0 Å². The Morgan fingerprint density at radius 3 is 1.94 bits per heavy atom. The summed E-state index contributed by atoms with van der Waals surface area (Å²) in [5.74, 6) is 0.660. The van der Waals surface area contributed by atoms with E-state index in [0.717, 1.165) is 19.5 Å². The predicted octanol–water partition coefficient (Wildman–Crippen LogP) is 2.64. The third-order valence-corrected chi connectivity index (χ3v) is 3.75. The molecule has 1 aliphatic rings. The molecule has 0 aromatic carbocycles. The van der Waals surface area contributed by atoms with Crippen molar-refractivity contribution in [3.8, 4) is 0 Å². The Morgan fingerprint density at radius 1 is 1.17 bits per heavy atom. The number of hydrogen-bond acceptors (Lipinski definition) is 3. The molecule has 3 heteroatoms. The van der Waals surface area contributed by atoms with E-state index in [0.29, 0.717) is 12.5 Å². The van der Waals surface area contributed by atoms with Crippen LogP contribution in [0.15, 0.2) is 0 Å². The molecule has 0 saturated carbocycles. The number of hydrogen-bond donors (Lipinski definition) is 1. The third kappa shape index (κ3) is 3.94. The Morgan fingerprint density at radius 2 is 1.61 bits per heavy atom. The van der Waals surface area contributed by atoms with E-state index in [1.54, 1.807) is 0 Å². The summed E-state index contributed by atoms with van der Waals surface area (Å²) in [6, 6.07) is 0. The average Bonchev–Trinajstić information content (AvgIpc) is 2.11. The van der Waals surface area contributed by atoms with Crippen molar-refractivity contribution in [2.75, 3.05) is 19.6 Å². The molecule has 1 saturated heterocycles. The van der Waals surface area contributed by atoms with Gasteiger partial charge < -0.3 is 10.5 Å². The Hall–Kier alpha value is -0.120. The van der Waals surface area contributed by atoms with Crippen LogP contribution in [0.5, 0.6) is 0 Å². The number of nitrogens with zero attached hydrogens (tertiary/aromatic N) is 1. The van der Waals surface area contributed by atoms with E-state index in [1.165, 1.54) is 0 Å². The quantitative estimate of drug-likeness (QED) is 0.840. The molecule has 0 amide bonds. The van der Waals surface area contributed by atoms with E-state index in [2.05, 4.69) is 53.4 Å². The second kappa shape index (κ2) is 5.10. The van der Waals surface area contributed by atoms with Crippen LogP contribution in [0.3, 0.4) is 0 Å². The van der Waals surface area contributed by atoms with Crippen molar-refractivity contribution in [1.82, 2.24) is 4.90 Å². The summed E-state index contributed by atoms with van der Waals surface area (Å²) >= 11 is 0. The molecular weight excluding hydrogens is 224 g/mol. The molecule has 0 bridgehead atoms. The van der Waals surface area contributed by atoms with E-state index >= 15 is 0 Å². The Kier molecular flexibility index (Phi) is 4.52. The van der Waals surface area contributed by atoms with Gasteiger partial charge in [-0.1, -0.05) is 13.8 Å². The molecule has 108 valence electrons. The van der Waals surface area contributed by atoms with Crippen LogP contribution < -0.4 is 5.73 Å². The molecule has 3 nitrogen and oxygen atoms in total. The lowest BCUT2D eigenvalue weighted by Crippen LogP contribution is -2.65. The summed E-state index contributed by atoms with van der Waals surface area (Å²) in [4.78, 5) is 2.54. The minimum absolute atomic E-state index is 0.0759.